The summed E-state index contributed by atoms with van der Waals surface area (Å²) in [6, 6.07) is 4.61. The molecule has 3 rings (SSSR count). The van der Waals surface area contributed by atoms with Gasteiger partial charge < -0.3 is 15.0 Å². The molecule has 18 heavy (non-hydrogen) atoms. The average molecular weight is 247 g/mol. The molecule has 98 valence electrons. The van der Waals surface area contributed by atoms with Crippen LogP contribution in [0.4, 0.5) is 5.69 Å². The molecule has 2 saturated heterocycles. The molecular formula is C14H21N3O. The van der Waals surface area contributed by atoms with Gasteiger partial charge in [-0.3, -0.25) is 0 Å². The van der Waals surface area contributed by atoms with Crippen molar-refractivity contribution in [3.63, 3.8) is 0 Å². The highest BCUT2D eigenvalue weighted by atomic mass is 16.5. The van der Waals surface area contributed by atoms with Gasteiger partial charge in [0.15, 0.2) is 0 Å². The second-order valence-electron chi connectivity index (χ2n) is 5.18. The van der Waals surface area contributed by atoms with Gasteiger partial charge in [0.25, 0.3) is 0 Å². The van der Waals surface area contributed by atoms with E-state index in [0.717, 1.165) is 17.5 Å². The van der Waals surface area contributed by atoms with Gasteiger partial charge in [0.2, 0.25) is 5.88 Å². The SMILES string of the molecule is CCOc1ncccc1NC1CCN2CCC1C2. The standard InChI is InChI=1S/C14H21N3O/c1-2-18-14-13(4-3-7-15-14)16-12-6-9-17-8-5-11(12)10-17/h3-4,7,11-12,16H,2,5-6,8-10H2,1H3. The first-order chi connectivity index (χ1) is 8.86. The lowest BCUT2D eigenvalue weighted by molar-refractivity contribution is 0.254. The minimum Gasteiger partial charge on any atom is -0.476 e. The molecule has 1 aromatic heterocycles. The fourth-order valence-electron chi connectivity index (χ4n) is 3.09. The Hall–Kier alpha value is -1.29. The first-order valence-corrected chi connectivity index (χ1v) is 6.93. The zero-order chi connectivity index (χ0) is 12.4. The van der Waals surface area contributed by atoms with E-state index >= 15 is 0 Å². The number of hydrogen-bond donors (Lipinski definition) is 1. The molecule has 3 atom stereocenters. The number of anilines is 1. The zero-order valence-corrected chi connectivity index (χ0v) is 10.9. The molecule has 1 N–H and O–H groups in total. The van der Waals surface area contributed by atoms with Crippen LogP contribution in [-0.2, 0) is 0 Å². The van der Waals surface area contributed by atoms with Gasteiger partial charge in [-0.25, -0.2) is 4.98 Å². The Morgan fingerprint density at radius 2 is 2.33 bits per heavy atom. The monoisotopic (exact) mass is 247 g/mol. The maximum absolute atomic E-state index is 5.57. The van der Waals surface area contributed by atoms with Crippen molar-refractivity contribution in [2.45, 2.75) is 25.8 Å². The molecule has 0 radical (unpaired) electrons. The van der Waals surface area contributed by atoms with Crippen molar-refractivity contribution in [2.75, 3.05) is 31.6 Å². The van der Waals surface area contributed by atoms with Crippen molar-refractivity contribution in [1.29, 1.82) is 0 Å². The van der Waals surface area contributed by atoms with Gasteiger partial charge in [0.05, 0.1) is 12.3 Å². The van der Waals surface area contributed by atoms with Gasteiger partial charge in [-0.1, -0.05) is 0 Å². The van der Waals surface area contributed by atoms with Crippen molar-refractivity contribution in [2.24, 2.45) is 5.92 Å². The molecule has 4 nitrogen and oxygen atoms in total. The van der Waals surface area contributed by atoms with Crippen LogP contribution in [0.15, 0.2) is 18.3 Å². The molecule has 3 unspecified atom stereocenters. The molecule has 0 aliphatic carbocycles. The van der Waals surface area contributed by atoms with Crippen LogP contribution in [0, 0.1) is 5.92 Å². The van der Waals surface area contributed by atoms with Crippen LogP contribution in [0.5, 0.6) is 5.88 Å². The molecule has 0 amide bonds. The lowest BCUT2D eigenvalue weighted by atomic mass is 9.94. The van der Waals surface area contributed by atoms with E-state index in [2.05, 4.69) is 21.3 Å². The number of ether oxygens (including phenoxy) is 1. The maximum Gasteiger partial charge on any atom is 0.237 e. The van der Waals surface area contributed by atoms with Crippen molar-refractivity contribution in [1.82, 2.24) is 9.88 Å². The molecule has 0 aromatic carbocycles. The van der Waals surface area contributed by atoms with E-state index < -0.39 is 0 Å². The number of nitrogens with zero attached hydrogens (tertiary/aromatic N) is 2. The van der Waals surface area contributed by atoms with Gasteiger partial charge in [-0.15, -0.1) is 0 Å². The summed E-state index contributed by atoms with van der Waals surface area (Å²) in [4.78, 5) is 6.87. The molecule has 0 spiro atoms. The zero-order valence-electron chi connectivity index (χ0n) is 10.9. The van der Waals surface area contributed by atoms with Gasteiger partial charge in [-0.05, 0) is 44.4 Å². The van der Waals surface area contributed by atoms with E-state index in [0.29, 0.717) is 12.6 Å². The first-order valence-electron chi connectivity index (χ1n) is 6.93. The number of aromatic nitrogens is 1. The number of fused-ring (bicyclic) bond motifs is 2. The third kappa shape index (κ3) is 2.29. The normalized spacial score (nSPS) is 30.2. The number of hydrogen-bond acceptors (Lipinski definition) is 4. The number of nitrogens with one attached hydrogen (secondary N) is 1. The largest absolute Gasteiger partial charge is 0.476 e. The van der Waals surface area contributed by atoms with Crippen LogP contribution in [0.3, 0.4) is 0 Å². The van der Waals surface area contributed by atoms with E-state index in [1.165, 1.54) is 32.5 Å². The minimum atomic E-state index is 0.576. The Bertz CT molecular complexity index is 410. The molecule has 3 heterocycles. The predicted octanol–water partition coefficient (Wildman–Crippen LogP) is 1.99. The second kappa shape index (κ2) is 5.14. The smallest absolute Gasteiger partial charge is 0.237 e. The van der Waals surface area contributed by atoms with Gasteiger partial charge in [0, 0.05) is 25.3 Å². The predicted molar refractivity (Wildman–Crippen MR) is 72.0 cm³/mol. The summed E-state index contributed by atoms with van der Waals surface area (Å²) in [6.07, 6.45) is 4.33. The van der Waals surface area contributed by atoms with Gasteiger partial charge in [-0.2, -0.15) is 0 Å². The van der Waals surface area contributed by atoms with E-state index in [1.54, 1.807) is 6.20 Å². The van der Waals surface area contributed by atoms with E-state index in [9.17, 15) is 0 Å². The van der Waals surface area contributed by atoms with Crippen molar-refractivity contribution in [3.05, 3.63) is 18.3 Å². The average Bonchev–Trinajstić information content (AvgIpc) is 2.78. The van der Waals surface area contributed by atoms with Crippen LogP contribution in [0.1, 0.15) is 19.8 Å². The van der Waals surface area contributed by atoms with Crippen LogP contribution >= 0.6 is 0 Å². The van der Waals surface area contributed by atoms with E-state index in [4.69, 9.17) is 4.74 Å². The Labute approximate surface area is 108 Å². The topological polar surface area (TPSA) is 37.4 Å². The summed E-state index contributed by atoms with van der Waals surface area (Å²) in [5.41, 5.74) is 1.05. The number of pyridine rings is 1. The summed E-state index contributed by atoms with van der Waals surface area (Å²) in [6.45, 7) is 6.40. The van der Waals surface area contributed by atoms with E-state index in [1.807, 2.05) is 13.0 Å². The number of piperidine rings is 1. The lowest BCUT2D eigenvalue weighted by Crippen LogP contribution is -2.39. The Morgan fingerprint density at radius 1 is 1.44 bits per heavy atom. The Balaban J connectivity index is 1.72. The van der Waals surface area contributed by atoms with Crippen LogP contribution < -0.4 is 10.1 Å². The molecule has 2 aliphatic rings. The fraction of sp³-hybridized carbons (Fsp3) is 0.643. The number of rotatable bonds is 4. The highest BCUT2D eigenvalue weighted by Crippen LogP contribution is 2.31. The summed E-state index contributed by atoms with van der Waals surface area (Å²) in [7, 11) is 0. The van der Waals surface area contributed by atoms with Gasteiger partial charge >= 0.3 is 0 Å². The third-order valence-corrected chi connectivity index (χ3v) is 4.03. The first kappa shape index (κ1) is 11.8. The molecule has 2 bridgehead atoms. The Kier molecular flexibility index (Phi) is 3.37. The van der Waals surface area contributed by atoms with E-state index in [-0.39, 0.29) is 0 Å². The maximum atomic E-state index is 5.57. The minimum absolute atomic E-state index is 0.576. The summed E-state index contributed by atoms with van der Waals surface area (Å²) in [5, 5.41) is 3.65. The highest BCUT2D eigenvalue weighted by molar-refractivity contribution is 5.53. The summed E-state index contributed by atoms with van der Waals surface area (Å²) in [5.74, 6) is 1.52. The Morgan fingerprint density at radius 3 is 3.22 bits per heavy atom. The lowest BCUT2D eigenvalue weighted by Gasteiger charge is -2.31. The fourth-order valence-corrected chi connectivity index (χ4v) is 3.09. The summed E-state index contributed by atoms with van der Waals surface area (Å²) >= 11 is 0. The van der Waals surface area contributed by atoms with Crippen LogP contribution in [-0.4, -0.2) is 42.2 Å². The molecule has 1 aromatic rings. The van der Waals surface area contributed by atoms with Crippen molar-refractivity contribution >= 4 is 5.69 Å². The van der Waals surface area contributed by atoms with Gasteiger partial charge in [0.1, 0.15) is 0 Å². The summed E-state index contributed by atoms with van der Waals surface area (Å²) < 4.78 is 5.57. The van der Waals surface area contributed by atoms with Crippen molar-refractivity contribution < 1.29 is 4.74 Å². The molecular weight excluding hydrogens is 226 g/mol. The van der Waals surface area contributed by atoms with Crippen molar-refractivity contribution in [3.8, 4) is 5.88 Å². The molecule has 0 saturated carbocycles. The molecule has 2 aliphatic heterocycles. The quantitative estimate of drug-likeness (QED) is 0.883. The second-order valence-corrected chi connectivity index (χ2v) is 5.18. The third-order valence-electron chi connectivity index (χ3n) is 4.03. The highest BCUT2D eigenvalue weighted by Gasteiger charge is 2.34. The van der Waals surface area contributed by atoms with Crippen LogP contribution in [0.25, 0.3) is 0 Å². The molecule has 4 heteroatoms. The van der Waals surface area contributed by atoms with Crippen LogP contribution in [0.2, 0.25) is 0 Å². The molecule has 2 fully saturated rings.